The van der Waals surface area contributed by atoms with Gasteiger partial charge in [0.1, 0.15) is 0 Å². The molecule has 2 rings (SSSR count). The summed E-state index contributed by atoms with van der Waals surface area (Å²) in [7, 11) is 0. The number of hydrogen-bond acceptors (Lipinski definition) is 3. The highest BCUT2D eigenvalue weighted by atomic mass is 16.3. The number of aliphatic hydroxyl groups excluding tert-OH is 1. The first kappa shape index (κ1) is 12.7. The van der Waals surface area contributed by atoms with Gasteiger partial charge in [0.15, 0.2) is 0 Å². The molecule has 0 fully saturated rings. The lowest BCUT2D eigenvalue weighted by Crippen LogP contribution is -2.24. The van der Waals surface area contributed by atoms with Crippen molar-refractivity contribution in [2.75, 3.05) is 6.54 Å². The maximum absolute atomic E-state index is 10.0. The normalized spacial score (nSPS) is 14.1. The Bertz CT molecular complexity index is 413. The van der Waals surface area contributed by atoms with Crippen LogP contribution in [-0.4, -0.2) is 16.6 Å². The Labute approximate surface area is 108 Å². The maximum Gasteiger partial charge on any atom is 0.0929 e. The third kappa shape index (κ3) is 3.39. The van der Waals surface area contributed by atoms with Gasteiger partial charge in [-0.25, -0.2) is 0 Å². The Hall–Kier alpha value is -1.71. The van der Waals surface area contributed by atoms with E-state index in [0.29, 0.717) is 6.54 Å². The Balaban J connectivity index is 1.89. The van der Waals surface area contributed by atoms with Crippen LogP contribution in [0.4, 0.5) is 0 Å². The molecule has 94 valence electrons. The van der Waals surface area contributed by atoms with Crippen molar-refractivity contribution in [1.82, 2.24) is 10.3 Å². The molecule has 0 saturated carbocycles. The van der Waals surface area contributed by atoms with Crippen LogP contribution in [0.2, 0.25) is 0 Å². The fourth-order valence-corrected chi connectivity index (χ4v) is 1.84. The van der Waals surface area contributed by atoms with Crippen molar-refractivity contribution in [3.05, 3.63) is 66.0 Å². The fourth-order valence-electron chi connectivity index (χ4n) is 1.84. The Morgan fingerprint density at radius 1 is 1.11 bits per heavy atom. The van der Waals surface area contributed by atoms with E-state index in [1.807, 2.05) is 30.3 Å². The second-order valence-electron chi connectivity index (χ2n) is 4.34. The lowest BCUT2D eigenvalue weighted by Gasteiger charge is -2.17. The first-order valence-corrected chi connectivity index (χ1v) is 6.13. The van der Waals surface area contributed by atoms with Crippen LogP contribution in [0.5, 0.6) is 0 Å². The van der Waals surface area contributed by atoms with Crippen molar-refractivity contribution in [2.24, 2.45) is 0 Å². The standard InChI is InChI=1S/C15H18N2O/c1-12(13-6-3-2-4-7-13)17-11-15(18)14-8-5-9-16-10-14/h2-10,12,15,17-18H,11H2,1H3/t12-,15+/m1/s1. The zero-order valence-corrected chi connectivity index (χ0v) is 10.5. The van der Waals surface area contributed by atoms with E-state index >= 15 is 0 Å². The summed E-state index contributed by atoms with van der Waals surface area (Å²) < 4.78 is 0. The van der Waals surface area contributed by atoms with Crippen LogP contribution in [-0.2, 0) is 0 Å². The number of rotatable bonds is 5. The van der Waals surface area contributed by atoms with Gasteiger partial charge in [0.05, 0.1) is 6.10 Å². The molecule has 2 atom stereocenters. The summed E-state index contributed by atoms with van der Waals surface area (Å²) in [6, 6.07) is 14.1. The molecule has 0 bridgehead atoms. The van der Waals surface area contributed by atoms with E-state index in [4.69, 9.17) is 0 Å². The summed E-state index contributed by atoms with van der Waals surface area (Å²) in [6.45, 7) is 2.60. The molecule has 0 amide bonds. The van der Waals surface area contributed by atoms with Crippen LogP contribution in [0.15, 0.2) is 54.9 Å². The predicted molar refractivity (Wildman–Crippen MR) is 72.1 cm³/mol. The van der Waals surface area contributed by atoms with Crippen LogP contribution in [0.3, 0.4) is 0 Å². The molecule has 2 aromatic rings. The lowest BCUT2D eigenvalue weighted by molar-refractivity contribution is 0.170. The van der Waals surface area contributed by atoms with Crippen LogP contribution in [0.25, 0.3) is 0 Å². The third-order valence-corrected chi connectivity index (χ3v) is 2.99. The van der Waals surface area contributed by atoms with Crippen LogP contribution < -0.4 is 5.32 Å². The van der Waals surface area contributed by atoms with Gasteiger partial charge in [-0.3, -0.25) is 4.98 Å². The Morgan fingerprint density at radius 3 is 2.50 bits per heavy atom. The van der Waals surface area contributed by atoms with E-state index in [9.17, 15) is 5.11 Å². The molecule has 3 nitrogen and oxygen atoms in total. The number of pyridine rings is 1. The van der Waals surface area contributed by atoms with Crippen molar-refractivity contribution in [3.8, 4) is 0 Å². The molecule has 0 aliphatic carbocycles. The van der Waals surface area contributed by atoms with Gasteiger partial charge in [-0.15, -0.1) is 0 Å². The van der Waals surface area contributed by atoms with Crippen LogP contribution >= 0.6 is 0 Å². The van der Waals surface area contributed by atoms with Crippen LogP contribution in [0, 0.1) is 0 Å². The summed E-state index contributed by atoms with van der Waals surface area (Å²) in [4.78, 5) is 4.00. The van der Waals surface area contributed by atoms with Gasteiger partial charge in [0.25, 0.3) is 0 Å². The molecule has 0 spiro atoms. The van der Waals surface area contributed by atoms with Crippen molar-refractivity contribution in [3.63, 3.8) is 0 Å². The maximum atomic E-state index is 10.0. The van der Waals surface area contributed by atoms with E-state index in [2.05, 4.69) is 29.4 Å². The number of aromatic nitrogens is 1. The molecule has 0 radical (unpaired) electrons. The monoisotopic (exact) mass is 242 g/mol. The highest BCUT2D eigenvalue weighted by Crippen LogP contribution is 2.14. The number of hydrogen-bond donors (Lipinski definition) is 2. The molecule has 0 saturated heterocycles. The average molecular weight is 242 g/mol. The predicted octanol–water partition coefficient (Wildman–Crippen LogP) is 2.47. The first-order valence-electron chi connectivity index (χ1n) is 6.13. The molecule has 0 aliphatic heterocycles. The molecule has 0 aliphatic rings. The quantitative estimate of drug-likeness (QED) is 0.846. The van der Waals surface area contributed by atoms with Gasteiger partial charge in [-0.05, 0) is 18.6 Å². The van der Waals surface area contributed by atoms with Crippen LogP contribution in [0.1, 0.15) is 30.2 Å². The fraction of sp³-hybridized carbons (Fsp3) is 0.267. The summed E-state index contributed by atoms with van der Waals surface area (Å²) in [6.07, 6.45) is 2.88. The summed E-state index contributed by atoms with van der Waals surface area (Å²) in [5, 5.41) is 13.3. The van der Waals surface area contributed by atoms with Gasteiger partial charge in [-0.1, -0.05) is 36.4 Å². The largest absolute Gasteiger partial charge is 0.387 e. The average Bonchev–Trinajstić information content (AvgIpc) is 2.46. The smallest absolute Gasteiger partial charge is 0.0929 e. The van der Waals surface area contributed by atoms with E-state index in [1.165, 1.54) is 5.56 Å². The second-order valence-corrected chi connectivity index (χ2v) is 4.34. The topological polar surface area (TPSA) is 45.1 Å². The molecule has 18 heavy (non-hydrogen) atoms. The molecule has 1 aromatic heterocycles. The second kappa shape index (κ2) is 6.28. The van der Waals surface area contributed by atoms with Gasteiger partial charge < -0.3 is 10.4 Å². The highest BCUT2D eigenvalue weighted by molar-refractivity contribution is 5.18. The molecular formula is C15H18N2O. The number of benzene rings is 1. The van der Waals surface area contributed by atoms with E-state index in [-0.39, 0.29) is 6.04 Å². The zero-order valence-electron chi connectivity index (χ0n) is 10.5. The van der Waals surface area contributed by atoms with Gasteiger partial charge >= 0.3 is 0 Å². The number of aliphatic hydroxyl groups is 1. The third-order valence-electron chi connectivity index (χ3n) is 2.99. The number of nitrogens with zero attached hydrogens (tertiary/aromatic N) is 1. The molecular weight excluding hydrogens is 224 g/mol. The van der Waals surface area contributed by atoms with Crippen molar-refractivity contribution in [2.45, 2.75) is 19.1 Å². The van der Waals surface area contributed by atoms with Gasteiger partial charge in [0.2, 0.25) is 0 Å². The molecule has 0 unspecified atom stereocenters. The van der Waals surface area contributed by atoms with E-state index in [1.54, 1.807) is 12.4 Å². The van der Waals surface area contributed by atoms with Crippen molar-refractivity contribution < 1.29 is 5.11 Å². The van der Waals surface area contributed by atoms with Gasteiger partial charge in [-0.2, -0.15) is 0 Å². The highest BCUT2D eigenvalue weighted by Gasteiger charge is 2.10. The first-order chi connectivity index (χ1) is 8.77. The van der Waals surface area contributed by atoms with Crippen molar-refractivity contribution >= 4 is 0 Å². The SMILES string of the molecule is C[C@@H](NC[C@H](O)c1cccnc1)c1ccccc1. The summed E-state index contributed by atoms with van der Waals surface area (Å²) in [5.41, 5.74) is 2.06. The minimum absolute atomic E-state index is 0.220. The molecule has 3 heteroatoms. The molecule has 2 N–H and O–H groups in total. The van der Waals surface area contributed by atoms with E-state index < -0.39 is 6.10 Å². The Kier molecular flexibility index (Phi) is 4.45. The molecule has 1 aromatic carbocycles. The number of nitrogens with one attached hydrogen (secondary N) is 1. The summed E-state index contributed by atoms with van der Waals surface area (Å²) in [5.74, 6) is 0. The minimum atomic E-state index is -0.523. The lowest BCUT2D eigenvalue weighted by atomic mass is 10.1. The van der Waals surface area contributed by atoms with Gasteiger partial charge in [0, 0.05) is 30.5 Å². The molecule has 1 heterocycles. The summed E-state index contributed by atoms with van der Waals surface area (Å²) >= 11 is 0. The van der Waals surface area contributed by atoms with Crippen molar-refractivity contribution in [1.29, 1.82) is 0 Å². The van der Waals surface area contributed by atoms with E-state index in [0.717, 1.165) is 5.56 Å². The zero-order chi connectivity index (χ0) is 12.8. The Morgan fingerprint density at radius 2 is 1.83 bits per heavy atom. The minimum Gasteiger partial charge on any atom is -0.387 e.